The molecule has 8 heteroatoms. The number of nitrogens with zero attached hydrogens (tertiary/aromatic N) is 2. The van der Waals surface area contributed by atoms with Gasteiger partial charge in [-0.3, -0.25) is 9.59 Å². The molecule has 3 rings (SSSR count). The van der Waals surface area contributed by atoms with Gasteiger partial charge < -0.3 is 24.4 Å². The Morgan fingerprint density at radius 1 is 1.13 bits per heavy atom. The molecule has 1 aromatic carbocycles. The molecule has 2 N–H and O–H groups in total. The largest absolute Gasteiger partial charge is 0.370 e. The summed E-state index contributed by atoms with van der Waals surface area (Å²) in [5.41, 5.74) is 1.76. The van der Waals surface area contributed by atoms with Crippen molar-refractivity contribution in [1.82, 2.24) is 10.1 Å². The van der Waals surface area contributed by atoms with Crippen LogP contribution in [0.4, 0.5) is 5.82 Å². The summed E-state index contributed by atoms with van der Waals surface area (Å²) in [4.78, 5) is 28.8. The maximum Gasteiger partial charge on any atom is 0.254 e. The maximum absolute atomic E-state index is 13.2. The van der Waals surface area contributed by atoms with Gasteiger partial charge in [0.15, 0.2) is 5.82 Å². The van der Waals surface area contributed by atoms with Gasteiger partial charge in [-0.1, -0.05) is 38.1 Å². The summed E-state index contributed by atoms with van der Waals surface area (Å²) < 4.78 is 10.2. The van der Waals surface area contributed by atoms with E-state index in [1.807, 2.05) is 24.3 Å². The summed E-state index contributed by atoms with van der Waals surface area (Å²) in [5, 5.41) is 6.37. The van der Waals surface area contributed by atoms with Crippen LogP contribution in [0.2, 0.25) is 0 Å². The number of hydrogen-bond donors (Lipinski definition) is 2. The normalized spacial score (nSPS) is 14.9. The van der Waals surface area contributed by atoms with E-state index < -0.39 is 0 Å². The first-order chi connectivity index (χ1) is 14.8. The van der Waals surface area contributed by atoms with E-state index >= 15 is 0 Å². The van der Waals surface area contributed by atoms with Crippen molar-refractivity contribution in [2.24, 2.45) is 0 Å². The average Bonchev–Trinajstić information content (AvgIpc) is 3.25. The highest BCUT2D eigenvalue weighted by Gasteiger charge is 2.22. The smallest absolute Gasteiger partial charge is 0.254 e. The molecule has 2 aromatic rings. The minimum absolute atomic E-state index is 0.0136. The second-order valence-corrected chi connectivity index (χ2v) is 8.95. The third-order valence-corrected chi connectivity index (χ3v) is 5.48. The predicted molar refractivity (Wildman–Crippen MR) is 117 cm³/mol. The Morgan fingerprint density at radius 3 is 2.45 bits per heavy atom. The third-order valence-electron chi connectivity index (χ3n) is 5.48. The number of carbonyl (C=O) groups is 2. The van der Waals surface area contributed by atoms with E-state index in [1.165, 1.54) is 11.2 Å². The van der Waals surface area contributed by atoms with E-state index in [9.17, 15) is 9.59 Å². The molecule has 0 spiro atoms. The standard InChI is InChI=1S/C23H32N4O4/c1-23(2,3)19-7-5-18(6-8-19)22(29)27(11-4-10-26-12-15-30-16-13-26)17-21(28)24-20-9-14-31-25-20/h5-9,14H,4,10-13,15-17H2,1-3H3,(H,24,25,28)/p+1. The highest BCUT2D eigenvalue weighted by Crippen LogP contribution is 2.22. The van der Waals surface area contributed by atoms with Gasteiger partial charge in [-0.15, -0.1) is 0 Å². The molecule has 0 atom stereocenters. The van der Waals surface area contributed by atoms with Gasteiger partial charge in [-0.25, -0.2) is 0 Å². The number of rotatable bonds is 8. The van der Waals surface area contributed by atoms with Gasteiger partial charge in [0.2, 0.25) is 5.91 Å². The van der Waals surface area contributed by atoms with Crippen LogP contribution in [-0.2, 0) is 14.9 Å². The number of hydrogen-bond acceptors (Lipinski definition) is 5. The minimum Gasteiger partial charge on any atom is -0.370 e. The minimum atomic E-state index is -0.299. The SMILES string of the molecule is CC(C)(C)c1ccc(C(=O)N(CCC[NH+]2CCOCC2)CC(=O)Nc2ccon2)cc1. The molecule has 168 valence electrons. The Hall–Kier alpha value is -2.71. The number of benzene rings is 1. The molecular weight excluding hydrogens is 396 g/mol. The predicted octanol–water partition coefficient (Wildman–Crippen LogP) is 1.36. The lowest BCUT2D eigenvalue weighted by Gasteiger charge is -2.26. The average molecular weight is 430 g/mol. The fraction of sp³-hybridized carbons (Fsp3) is 0.522. The fourth-order valence-electron chi connectivity index (χ4n) is 3.61. The molecule has 0 unspecified atom stereocenters. The summed E-state index contributed by atoms with van der Waals surface area (Å²) in [6.45, 7) is 11.3. The van der Waals surface area contributed by atoms with Crippen LogP contribution in [0.15, 0.2) is 41.1 Å². The van der Waals surface area contributed by atoms with Crippen molar-refractivity contribution in [2.75, 3.05) is 51.3 Å². The van der Waals surface area contributed by atoms with Crippen LogP contribution in [0, 0.1) is 0 Å². The maximum atomic E-state index is 13.2. The van der Waals surface area contributed by atoms with E-state index in [1.54, 1.807) is 11.0 Å². The molecule has 31 heavy (non-hydrogen) atoms. The summed E-state index contributed by atoms with van der Waals surface area (Å²) in [6, 6.07) is 9.23. The van der Waals surface area contributed by atoms with Crippen LogP contribution in [0.5, 0.6) is 0 Å². The molecule has 2 heterocycles. The number of anilines is 1. The Labute approximate surface area is 183 Å². The van der Waals surface area contributed by atoms with Crippen LogP contribution in [0.3, 0.4) is 0 Å². The van der Waals surface area contributed by atoms with Crippen molar-refractivity contribution >= 4 is 17.6 Å². The zero-order chi connectivity index (χ0) is 22.3. The topological polar surface area (TPSA) is 89.1 Å². The molecule has 1 aromatic heterocycles. The van der Waals surface area contributed by atoms with E-state index in [0.717, 1.165) is 44.8 Å². The zero-order valence-electron chi connectivity index (χ0n) is 18.6. The molecule has 1 aliphatic heterocycles. The summed E-state index contributed by atoms with van der Waals surface area (Å²) >= 11 is 0. The number of quaternary nitrogens is 1. The highest BCUT2D eigenvalue weighted by molar-refractivity contribution is 5.99. The summed E-state index contributed by atoms with van der Waals surface area (Å²) in [5.74, 6) is -0.107. The van der Waals surface area contributed by atoms with Gasteiger partial charge in [0.25, 0.3) is 5.91 Å². The van der Waals surface area contributed by atoms with Gasteiger partial charge in [0.05, 0.1) is 19.8 Å². The van der Waals surface area contributed by atoms with Crippen molar-refractivity contribution < 1.29 is 23.7 Å². The Bertz CT molecular complexity index is 837. The molecular formula is C23H33N4O4+. The third kappa shape index (κ3) is 6.90. The lowest BCUT2D eigenvalue weighted by atomic mass is 9.86. The molecule has 1 fully saturated rings. The quantitative estimate of drug-likeness (QED) is 0.662. The van der Waals surface area contributed by atoms with E-state index in [4.69, 9.17) is 9.26 Å². The Balaban J connectivity index is 1.65. The van der Waals surface area contributed by atoms with E-state index in [-0.39, 0.29) is 23.8 Å². The molecule has 0 bridgehead atoms. The van der Waals surface area contributed by atoms with Gasteiger partial charge in [-0.2, -0.15) is 0 Å². The number of aromatic nitrogens is 1. The summed E-state index contributed by atoms with van der Waals surface area (Å²) in [6.07, 6.45) is 2.21. The molecule has 0 saturated carbocycles. The first kappa shape index (κ1) is 23.0. The molecule has 1 saturated heterocycles. The lowest BCUT2D eigenvalue weighted by Crippen LogP contribution is -3.14. The zero-order valence-corrected chi connectivity index (χ0v) is 18.6. The van der Waals surface area contributed by atoms with E-state index in [2.05, 4.69) is 31.2 Å². The molecule has 0 radical (unpaired) electrons. The van der Waals surface area contributed by atoms with Crippen LogP contribution in [-0.4, -0.2) is 67.8 Å². The van der Waals surface area contributed by atoms with Crippen molar-refractivity contribution in [2.45, 2.75) is 32.6 Å². The Kier molecular flexibility index (Phi) is 7.81. The Morgan fingerprint density at radius 2 is 1.84 bits per heavy atom. The first-order valence-electron chi connectivity index (χ1n) is 10.8. The molecule has 0 aliphatic carbocycles. The number of carbonyl (C=O) groups excluding carboxylic acids is 2. The summed E-state index contributed by atoms with van der Waals surface area (Å²) in [7, 11) is 0. The van der Waals surface area contributed by atoms with Crippen molar-refractivity contribution in [3.05, 3.63) is 47.7 Å². The number of morpholine rings is 1. The molecule has 2 amide bonds. The fourth-order valence-corrected chi connectivity index (χ4v) is 3.61. The number of ether oxygens (including phenoxy) is 1. The molecule has 8 nitrogen and oxygen atoms in total. The van der Waals surface area contributed by atoms with Gasteiger partial charge in [0.1, 0.15) is 25.9 Å². The van der Waals surface area contributed by atoms with Crippen LogP contribution in [0.1, 0.15) is 43.1 Å². The highest BCUT2D eigenvalue weighted by atomic mass is 16.5. The van der Waals surface area contributed by atoms with E-state index in [0.29, 0.717) is 17.9 Å². The van der Waals surface area contributed by atoms with Crippen LogP contribution < -0.4 is 10.2 Å². The van der Waals surface area contributed by atoms with Crippen molar-refractivity contribution in [1.29, 1.82) is 0 Å². The number of nitrogens with one attached hydrogen (secondary N) is 2. The van der Waals surface area contributed by atoms with Crippen LogP contribution >= 0.6 is 0 Å². The van der Waals surface area contributed by atoms with Crippen molar-refractivity contribution in [3.8, 4) is 0 Å². The monoisotopic (exact) mass is 429 g/mol. The second-order valence-electron chi connectivity index (χ2n) is 8.95. The van der Waals surface area contributed by atoms with Gasteiger partial charge in [-0.05, 0) is 23.1 Å². The lowest BCUT2D eigenvalue weighted by molar-refractivity contribution is -0.908. The van der Waals surface area contributed by atoms with Gasteiger partial charge >= 0.3 is 0 Å². The second kappa shape index (κ2) is 10.5. The van der Waals surface area contributed by atoms with Crippen LogP contribution in [0.25, 0.3) is 0 Å². The van der Waals surface area contributed by atoms with Gasteiger partial charge in [0, 0.05) is 24.6 Å². The molecule has 1 aliphatic rings. The van der Waals surface area contributed by atoms with Crippen molar-refractivity contribution in [3.63, 3.8) is 0 Å². The first-order valence-corrected chi connectivity index (χ1v) is 10.8. The number of amides is 2.